The van der Waals surface area contributed by atoms with Crippen LogP contribution in [-0.2, 0) is 6.42 Å². The fraction of sp³-hybridized carbons (Fsp3) is 0.538. The highest BCUT2D eigenvalue weighted by Gasteiger charge is 2.30. The molecule has 88 valence electrons. The molecule has 0 nitrogen and oxygen atoms in total. The van der Waals surface area contributed by atoms with Gasteiger partial charge in [0.1, 0.15) is 0 Å². The molecule has 0 bridgehead atoms. The summed E-state index contributed by atoms with van der Waals surface area (Å²) in [5, 5.41) is 1.68. The lowest BCUT2D eigenvalue weighted by Gasteiger charge is -2.24. The normalized spacial score (nSPS) is 23.7. The van der Waals surface area contributed by atoms with Gasteiger partial charge in [0.25, 0.3) is 0 Å². The summed E-state index contributed by atoms with van der Waals surface area (Å²) in [5.41, 5.74) is 2.75. The van der Waals surface area contributed by atoms with E-state index >= 15 is 0 Å². The maximum Gasteiger partial charge on any atom is 0.0453 e. The predicted octanol–water partition coefficient (Wildman–Crippen LogP) is 5.79. The van der Waals surface area contributed by atoms with E-state index < -0.39 is 0 Å². The highest BCUT2D eigenvalue weighted by atomic mass is 79.9. The molecule has 0 saturated carbocycles. The zero-order valence-corrected chi connectivity index (χ0v) is 12.6. The van der Waals surface area contributed by atoms with E-state index in [-0.39, 0.29) is 0 Å². The van der Waals surface area contributed by atoms with E-state index in [0.717, 1.165) is 29.3 Å². The van der Waals surface area contributed by atoms with Gasteiger partial charge in [-0.1, -0.05) is 53.0 Å². The lowest BCUT2D eigenvalue weighted by atomic mass is 9.84. The summed E-state index contributed by atoms with van der Waals surface area (Å²) in [5.74, 6) is 0. The standard InChI is InChI=1S/C13H15BrCl2/c1-13(2)6-5-8-10(15)3-4-11(16)12(8)9(14)7-13/h3-4,9H,5-7H2,1-2H3. The van der Waals surface area contributed by atoms with Gasteiger partial charge in [0.15, 0.2) is 0 Å². The topological polar surface area (TPSA) is 0 Å². The number of fused-ring (bicyclic) bond motifs is 1. The molecule has 0 saturated heterocycles. The van der Waals surface area contributed by atoms with Crippen LogP contribution in [-0.4, -0.2) is 0 Å². The second-order valence-electron chi connectivity index (χ2n) is 5.26. The Labute approximate surface area is 115 Å². The monoisotopic (exact) mass is 320 g/mol. The van der Waals surface area contributed by atoms with E-state index in [1.165, 1.54) is 11.1 Å². The van der Waals surface area contributed by atoms with Crippen LogP contribution in [0, 0.1) is 5.41 Å². The van der Waals surface area contributed by atoms with Crippen molar-refractivity contribution in [1.82, 2.24) is 0 Å². The van der Waals surface area contributed by atoms with E-state index in [0.29, 0.717) is 10.2 Å². The van der Waals surface area contributed by atoms with Crippen molar-refractivity contribution < 1.29 is 0 Å². The van der Waals surface area contributed by atoms with Gasteiger partial charge in [-0.25, -0.2) is 0 Å². The largest absolute Gasteiger partial charge is 0.0840 e. The first kappa shape index (κ1) is 12.7. The first-order chi connectivity index (χ1) is 7.41. The molecule has 1 aliphatic rings. The van der Waals surface area contributed by atoms with Gasteiger partial charge in [0, 0.05) is 14.9 Å². The van der Waals surface area contributed by atoms with Gasteiger partial charge in [-0.3, -0.25) is 0 Å². The summed E-state index contributed by atoms with van der Waals surface area (Å²) in [6.07, 6.45) is 3.27. The number of benzene rings is 1. The second-order valence-corrected chi connectivity index (χ2v) is 7.18. The molecular weight excluding hydrogens is 307 g/mol. The molecule has 2 rings (SSSR count). The quantitative estimate of drug-likeness (QED) is 0.419. The third kappa shape index (κ3) is 2.42. The molecule has 0 aliphatic heterocycles. The molecule has 0 amide bonds. The number of rotatable bonds is 0. The maximum absolute atomic E-state index is 6.29. The molecule has 1 atom stereocenters. The first-order valence-electron chi connectivity index (χ1n) is 5.51. The molecule has 1 aromatic carbocycles. The molecule has 16 heavy (non-hydrogen) atoms. The fourth-order valence-electron chi connectivity index (χ4n) is 2.35. The van der Waals surface area contributed by atoms with E-state index in [1.54, 1.807) is 0 Å². The smallest absolute Gasteiger partial charge is 0.0453 e. The van der Waals surface area contributed by atoms with Crippen molar-refractivity contribution in [2.45, 2.75) is 37.9 Å². The Morgan fingerprint density at radius 2 is 1.88 bits per heavy atom. The molecule has 0 N–H and O–H groups in total. The van der Waals surface area contributed by atoms with Gasteiger partial charge in [-0.15, -0.1) is 0 Å². The van der Waals surface area contributed by atoms with Gasteiger partial charge >= 0.3 is 0 Å². The van der Waals surface area contributed by atoms with Crippen LogP contribution in [0.15, 0.2) is 12.1 Å². The highest BCUT2D eigenvalue weighted by Crippen LogP contribution is 2.47. The van der Waals surface area contributed by atoms with Crippen molar-refractivity contribution >= 4 is 39.1 Å². The molecule has 1 aliphatic carbocycles. The van der Waals surface area contributed by atoms with Crippen molar-refractivity contribution in [3.8, 4) is 0 Å². The van der Waals surface area contributed by atoms with Crippen LogP contribution in [0.25, 0.3) is 0 Å². The second kappa shape index (κ2) is 4.51. The zero-order valence-electron chi connectivity index (χ0n) is 9.49. The Morgan fingerprint density at radius 1 is 1.25 bits per heavy atom. The number of hydrogen-bond acceptors (Lipinski definition) is 0. The average Bonchev–Trinajstić information content (AvgIpc) is 2.29. The zero-order chi connectivity index (χ0) is 11.9. The molecule has 0 heterocycles. The van der Waals surface area contributed by atoms with Crippen molar-refractivity contribution in [2.24, 2.45) is 5.41 Å². The molecule has 1 aromatic rings. The van der Waals surface area contributed by atoms with Gasteiger partial charge in [-0.05, 0) is 47.9 Å². The highest BCUT2D eigenvalue weighted by molar-refractivity contribution is 9.09. The van der Waals surface area contributed by atoms with Crippen LogP contribution in [0.1, 0.15) is 42.6 Å². The average molecular weight is 322 g/mol. The molecule has 1 unspecified atom stereocenters. The van der Waals surface area contributed by atoms with Gasteiger partial charge in [0.2, 0.25) is 0 Å². The van der Waals surface area contributed by atoms with Crippen molar-refractivity contribution in [3.05, 3.63) is 33.3 Å². The van der Waals surface area contributed by atoms with Crippen molar-refractivity contribution in [2.75, 3.05) is 0 Å². The number of hydrogen-bond donors (Lipinski definition) is 0. The molecule has 0 spiro atoms. The minimum Gasteiger partial charge on any atom is -0.0840 e. The van der Waals surface area contributed by atoms with E-state index in [2.05, 4.69) is 29.8 Å². The van der Waals surface area contributed by atoms with Crippen LogP contribution in [0.4, 0.5) is 0 Å². The van der Waals surface area contributed by atoms with E-state index in [1.807, 2.05) is 12.1 Å². The van der Waals surface area contributed by atoms with Crippen LogP contribution < -0.4 is 0 Å². The SMILES string of the molecule is CC1(C)CCc2c(Cl)ccc(Cl)c2C(Br)C1. The van der Waals surface area contributed by atoms with E-state index in [4.69, 9.17) is 23.2 Å². The third-order valence-corrected chi connectivity index (χ3v) is 4.81. The lowest BCUT2D eigenvalue weighted by molar-refractivity contribution is 0.316. The molecule has 3 heteroatoms. The Morgan fingerprint density at radius 3 is 2.56 bits per heavy atom. The van der Waals surface area contributed by atoms with Crippen molar-refractivity contribution in [1.29, 1.82) is 0 Å². The fourth-order valence-corrected chi connectivity index (χ4v) is 4.45. The predicted molar refractivity (Wildman–Crippen MR) is 74.8 cm³/mol. The van der Waals surface area contributed by atoms with Crippen LogP contribution in [0.5, 0.6) is 0 Å². The Balaban J connectivity index is 2.52. The molecule has 0 fully saturated rings. The Kier molecular flexibility index (Phi) is 3.59. The summed E-state index contributed by atoms with van der Waals surface area (Å²) in [4.78, 5) is 0.311. The summed E-state index contributed by atoms with van der Waals surface area (Å²) < 4.78 is 0. The number of halogens is 3. The first-order valence-corrected chi connectivity index (χ1v) is 7.19. The van der Waals surface area contributed by atoms with Crippen LogP contribution in [0.3, 0.4) is 0 Å². The van der Waals surface area contributed by atoms with Crippen LogP contribution >= 0.6 is 39.1 Å². The molecule has 0 radical (unpaired) electrons. The third-order valence-electron chi connectivity index (χ3n) is 3.34. The molecular formula is C13H15BrCl2. The van der Waals surface area contributed by atoms with Crippen LogP contribution in [0.2, 0.25) is 10.0 Å². The lowest BCUT2D eigenvalue weighted by Crippen LogP contribution is -2.11. The van der Waals surface area contributed by atoms with Gasteiger partial charge in [-0.2, -0.15) is 0 Å². The summed E-state index contributed by atoms with van der Waals surface area (Å²) in [6, 6.07) is 3.80. The Bertz CT molecular complexity index is 413. The number of alkyl halides is 1. The summed E-state index contributed by atoms with van der Waals surface area (Å²) in [7, 11) is 0. The van der Waals surface area contributed by atoms with Crippen molar-refractivity contribution in [3.63, 3.8) is 0 Å². The molecule has 0 aromatic heterocycles. The summed E-state index contributed by atoms with van der Waals surface area (Å²) >= 11 is 16.3. The maximum atomic E-state index is 6.29. The minimum absolute atomic E-state index is 0.311. The Hall–Kier alpha value is 0.280. The van der Waals surface area contributed by atoms with Gasteiger partial charge in [0.05, 0.1) is 0 Å². The minimum atomic E-state index is 0.311. The summed E-state index contributed by atoms with van der Waals surface area (Å²) in [6.45, 7) is 4.60. The van der Waals surface area contributed by atoms with E-state index in [9.17, 15) is 0 Å². The van der Waals surface area contributed by atoms with Gasteiger partial charge < -0.3 is 0 Å².